The maximum atomic E-state index is 12.9. The van der Waals surface area contributed by atoms with E-state index in [9.17, 15) is 9.59 Å². The van der Waals surface area contributed by atoms with Gasteiger partial charge in [0.1, 0.15) is 5.00 Å². The largest absolute Gasteiger partial charge is 0.465 e. The molecule has 0 saturated heterocycles. The normalized spacial score (nSPS) is 17.6. The number of fused-ring (bicyclic) bond motifs is 2. The van der Waals surface area contributed by atoms with E-state index >= 15 is 0 Å². The molecular weight excluding hydrogens is 513 g/mol. The van der Waals surface area contributed by atoms with Gasteiger partial charge in [0, 0.05) is 27.7 Å². The lowest BCUT2D eigenvalue weighted by molar-refractivity contribution is -0.113. The summed E-state index contributed by atoms with van der Waals surface area (Å²) in [6, 6.07) is 0. The van der Waals surface area contributed by atoms with Crippen molar-refractivity contribution in [1.29, 1.82) is 0 Å². The molecule has 0 spiro atoms. The van der Waals surface area contributed by atoms with Gasteiger partial charge in [-0.2, -0.15) is 0 Å². The Balaban J connectivity index is 1.29. The third-order valence-corrected chi connectivity index (χ3v) is 10.4. The number of anilines is 1. The second-order valence-electron chi connectivity index (χ2n) is 9.71. The van der Waals surface area contributed by atoms with Gasteiger partial charge in [-0.05, 0) is 62.0 Å². The number of hydrogen-bond donors (Lipinski definition) is 1. The molecule has 1 unspecified atom stereocenters. The van der Waals surface area contributed by atoms with Gasteiger partial charge in [-0.3, -0.25) is 4.79 Å². The number of methoxy groups -OCH3 is 1. The zero-order chi connectivity index (χ0) is 25.2. The van der Waals surface area contributed by atoms with Crippen molar-refractivity contribution in [2.24, 2.45) is 13.0 Å². The molecule has 10 heteroatoms. The Kier molecular flexibility index (Phi) is 7.83. The van der Waals surface area contributed by atoms with Crippen LogP contribution in [0.25, 0.3) is 11.4 Å². The van der Waals surface area contributed by atoms with Crippen LogP contribution >= 0.6 is 34.4 Å². The Morgan fingerprint density at radius 1 is 1.14 bits per heavy atom. The van der Waals surface area contributed by atoms with E-state index in [0.29, 0.717) is 15.7 Å². The van der Waals surface area contributed by atoms with Crippen LogP contribution in [0.2, 0.25) is 0 Å². The summed E-state index contributed by atoms with van der Waals surface area (Å²) in [4.78, 5) is 28.2. The summed E-state index contributed by atoms with van der Waals surface area (Å²) in [5.74, 6) is 1.24. The van der Waals surface area contributed by atoms with Crippen LogP contribution in [0, 0.1) is 5.92 Å². The van der Waals surface area contributed by atoms with Gasteiger partial charge >= 0.3 is 5.97 Å². The van der Waals surface area contributed by atoms with E-state index in [-0.39, 0.29) is 17.6 Å². The summed E-state index contributed by atoms with van der Waals surface area (Å²) < 4.78 is 7.06. The van der Waals surface area contributed by atoms with E-state index < -0.39 is 0 Å². The number of thioether (sulfide) groups is 1. The van der Waals surface area contributed by atoms with E-state index in [4.69, 9.17) is 4.74 Å². The van der Waals surface area contributed by atoms with Crippen molar-refractivity contribution in [3.05, 3.63) is 31.8 Å². The molecule has 3 heterocycles. The van der Waals surface area contributed by atoms with Crippen LogP contribution in [-0.4, -0.2) is 39.5 Å². The molecule has 0 aliphatic heterocycles. The highest BCUT2D eigenvalue weighted by Gasteiger charge is 2.27. The zero-order valence-electron chi connectivity index (χ0n) is 21.0. The highest BCUT2D eigenvalue weighted by atomic mass is 32.2. The van der Waals surface area contributed by atoms with Gasteiger partial charge in [-0.15, -0.1) is 32.9 Å². The highest BCUT2D eigenvalue weighted by molar-refractivity contribution is 7.99. The monoisotopic (exact) mass is 544 g/mol. The number of thiophene rings is 2. The molecule has 0 bridgehead atoms. The SMILES string of the molecule is COC(=O)c1c(NC(=O)CSc2nnc(-c3csc4c3CCC(C)C4)n2C)sc2c1CCCCCC2. The van der Waals surface area contributed by atoms with Crippen LogP contribution in [-0.2, 0) is 42.3 Å². The average molecular weight is 545 g/mol. The van der Waals surface area contributed by atoms with Crippen LogP contribution in [0.1, 0.15) is 70.3 Å². The summed E-state index contributed by atoms with van der Waals surface area (Å²) >= 11 is 4.70. The first-order valence-electron chi connectivity index (χ1n) is 12.6. The zero-order valence-corrected chi connectivity index (χ0v) is 23.5. The lowest BCUT2D eigenvalue weighted by Crippen LogP contribution is -2.16. The summed E-state index contributed by atoms with van der Waals surface area (Å²) in [5, 5.41) is 15.3. The predicted molar refractivity (Wildman–Crippen MR) is 146 cm³/mol. The summed E-state index contributed by atoms with van der Waals surface area (Å²) in [6.07, 6.45) is 9.76. The van der Waals surface area contributed by atoms with Crippen molar-refractivity contribution in [3.8, 4) is 11.4 Å². The first-order chi connectivity index (χ1) is 17.5. The molecule has 0 radical (unpaired) electrons. The Morgan fingerprint density at radius 3 is 2.75 bits per heavy atom. The first-order valence-corrected chi connectivity index (χ1v) is 15.3. The van der Waals surface area contributed by atoms with E-state index in [1.54, 1.807) is 0 Å². The van der Waals surface area contributed by atoms with E-state index in [1.165, 1.54) is 70.4 Å². The third-order valence-electron chi connectivity index (χ3n) is 7.12. The van der Waals surface area contributed by atoms with Crippen LogP contribution in [0.4, 0.5) is 5.00 Å². The van der Waals surface area contributed by atoms with E-state index in [0.717, 1.165) is 55.8 Å². The molecule has 0 aromatic carbocycles. The number of nitrogens with zero attached hydrogens (tertiary/aromatic N) is 3. The number of rotatable bonds is 6. The minimum Gasteiger partial charge on any atom is -0.465 e. The molecule has 192 valence electrons. The van der Waals surface area contributed by atoms with Crippen LogP contribution in [0.15, 0.2) is 10.5 Å². The van der Waals surface area contributed by atoms with Crippen molar-refractivity contribution in [1.82, 2.24) is 14.8 Å². The Hall–Kier alpha value is -2.17. The summed E-state index contributed by atoms with van der Waals surface area (Å²) in [5.41, 5.74) is 4.18. The standard InChI is InChI=1S/C26H32N4O3S3/c1-15-10-11-16-18(13-34-20(16)12-15)23-28-29-26(30(23)2)35-14-21(31)27-24-22(25(32)33-3)17-8-6-4-5-7-9-19(17)36-24/h13,15H,4-12,14H2,1-3H3,(H,27,31). The summed E-state index contributed by atoms with van der Waals surface area (Å²) in [7, 11) is 3.35. The number of hydrogen-bond acceptors (Lipinski definition) is 8. The van der Waals surface area contributed by atoms with Crippen LogP contribution in [0.3, 0.4) is 0 Å². The quantitative estimate of drug-likeness (QED) is 0.307. The lowest BCUT2D eigenvalue weighted by atomic mass is 9.88. The van der Waals surface area contributed by atoms with Gasteiger partial charge in [-0.25, -0.2) is 4.79 Å². The molecule has 0 fully saturated rings. The average Bonchev–Trinajstić information content (AvgIpc) is 3.52. The number of nitrogens with one attached hydrogen (secondary N) is 1. The number of carbonyl (C=O) groups excluding carboxylic acids is 2. The fourth-order valence-corrected chi connectivity index (χ4v) is 8.41. The van der Waals surface area contributed by atoms with Gasteiger partial charge in [0.2, 0.25) is 5.91 Å². The molecular formula is C26H32N4O3S3. The molecule has 1 amide bonds. The van der Waals surface area contributed by atoms with Crippen molar-refractivity contribution in [2.75, 3.05) is 18.2 Å². The van der Waals surface area contributed by atoms with Gasteiger partial charge in [-0.1, -0.05) is 31.5 Å². The van der Waals surface area contributed by atoms with Crippen molar-refractivity contribution < 1.29 is 14.3 Å². The fourth-order valence-electron chi connectivity index (χ4n) is 5.16. The van der Waals surface area contributed by atoms with E-state index in [1.807, 2.05) is 23.0 Å². The third kappa shape index (κ3) is 5.13. The lowest BCUT2D eigenvalue weighted by Gasteiger charge is -2.18. The van der Waals surface area contributed by atoms with Gasteiger partial charge in [0.15, 0.2) is 11.0 Å². The van der Waals surface area contributed by atoms with Gasteiger partial charge < -0.3 is 14.6 Å². The number of carbonyl (C=O) groups is 2. The van der Waals surface area contributed by atoms with Crippen molar-refractivity contribution in [2.45, 2.75) is 69.9 Å². The molecule has 36 heavy (non-hydrogen) atoms. The Labute approximate surface area is 224 Å². The number of aromatic nitrogens is 3. The maximum Gasteiger partial charge on any atom is 0.341 e. The molecule has 3 aromatic heterocycles. The van der Waals surface area contributed by atoms with Crippen LogP contribution < -0.4 is 5.32 Å². The second kappa shape index (κ2) is 11.1. The highest BCUT2D eigenvalue weighted by Crippen LogP contribution is 2.39. The smallest absolute Gasteiger partial charge is 0.341 e. The fraction of sp³-hybridized carbons (Fsp3) is 0.538. The maximum absolute atomic E-state index is 12.9. The molecule has 2 aliphatic carbocycles. The molecule has 1 atom stereocenters. The molecule has 2 aliphatic rings. The molecule has 3 aromatic rings. The minimum atomic E-state index is -0.373. The summed E-state index contributed by atoms with van der Waals surface area (Å²) in [6.45, 7) is 2.31. The van der Waals surface area contributed by atoms with Gasteiger partial charge in [0.05, 0.1) is 18.4 Å². The number of amides is 1. The molecule has 7 nitrogen and oxygen atoms in total. The minimum absolute atomic E-state index is 0.161. The number of aryl methyl sites for hydroxylation is 1. The van der Waals surface area contributed by atoms with Crippen molar-refractivity contribution >= 4 is 51.3 Å². The van der Waals surface area contributed by atoms with Crippen molar-refractivity contribution in [3.63, 3.8) is 0 Å². The van der Waals surface area contributed by atoms with E-state index in [2.05, 4.69) is 27.8 Å². The predicted octanol–water partition coefficient (Wildman–Crippen LogP) is 5.91. The number of ether oxygens (including phenoxy) is 1. The second-order valence-corrected chi connectivity index (χ2v) is 12.7. The molecule has 5 rings (SSSR count). The molecule has 1 N–H and O–H groups in total. The topological polar surface area (TPSA) is 86.1 Å². The van der Waals surface area contributed by atoms with Gasteiger partial charge in [0.25, 0.3) is 0 Å². The Morgan fingerprint density at radius 2 is 1.94 bits per heavy atom. The first kappa shape index (κ1) is 25.5. The Bertz CT molecular complexity index is 1280. The van der Waals surface area contributed by atoms with Crippen LogP contribution in [0.5, 0.6) is 0 Å². The molecule has 0 saturated carbocycles. The number of esters is 1.